The first-order valence-corrected chi connectivity index (χ1v) is 6.65. The van der Waals surface area contributed by atoms with Crippen LogP contribution in [0.3, 0.4) is 0 Å². The van der Waals surface area contributed by atoms with E-state index in [0.717, 1.165) is 12.6 Å². The van der Waals surface area contributed by atoms with E-state index in [1.165, 1.54) is 51.7 Å². The van der Waals surface area contributed by atoms with Crippen LogP contribution >= 0.6 is 0 Å². The van der Waals surface area contributed by atoms with Crippen LogP contribution in [0.4, 0.5) is 0 Å². The summed E-state index contributed by atoms with van der Waals surface area (Å²) in [7, 11) is 4.03. The lowest BCUT2D eigenvalue weighted by Crippen LogP contribution is -2.45. The highest BCUT2D eigenvalue weighted by Crippen LogP contribution is 2.43. The third-order valence-electron chi connectivity index (χ3n) is 4.41. The van der Waals surface area contributed by atoms with Gasteiger partial charge in [0.25, 0.3) is 0 Å². The van der Waals surface area contributed by atoms with Crippen LogP contribution in [-0.4, -0.2) is 51.3 Å². The fourth-order valence-corrected chi connectivity index (χ4v) is 2.97. The van der Waals surface area contributed by atoms with Crippen molar-refractivity contribution in [1.29, 1.82) is 0 Å². The zero-order chi connectivity index (χ0) is 11.4. The molecule has 1 unspecified atom stereocenters. The van der Waals surface area contributed by atoms with Crippen molar-refractivity contribution in [2.45, 2.75) is 38.1 Å². The van der Waals surface area contributed by atoms with Gasteiger partial charge in [-0.05, 0) is 44.7 Å². The first kappa shape index (κ1) is 12.3. The lowest BCUT2D eigenvalue weighted by Gasteiger charge is -2.43. The van der Waals surface area contributed by atoms with Gasteiger partial charge in [-0.3, -0.25) is 0 Å². The summed E-state index contributed by atoms with van der Waals surface area (Å²) < 4.78 is 5.23. The fraction of sp³-hybridized carbons (Fsp3) is 1.00. The van der Waals surface area contributed by atoms with Crippen LogP contribution in [0.25, 0.3) is 0 Å². The van der Waals surface area contributed by atoms with E-state index < -0.39 is 0 Å². The second-order valence-electron chi connectivity index (χ2n) is 5.73. The summed E-state index contributed by atoms with van der Waals surface area (Å²) in [5.41, 5.74) is 0.567. The van der Waals surface area contributed by atoms with Gasteiger partial charge in [-0.15, -0.1) is 0 Å². The second kappa shape index (κ2) is 5.48. The van der Waals surface area contributed by atoms with Crippen molar-refractivity contribution in [2.75, 3.05) is 40.4 Å². The van der Waals surface area contributed by atoms with E-state index in [0.29, 0.717) is 5.41 Å². The van der Waals surface area contributed by atoms with E-state index >= 15 is 0 Å². The van der Waals surface area contributed by atoms with E-state index in [1.807, 2.05) is 7.11 Å². The molecule has 16 heavy (non-hydrogen) atoms. The number of methoxy groups -OCH3 is 1. The van der Waals surface area contributed by atoms with Crippen LogP contribution in [0.2, 0.25) is 0 Å². The molecule has 0 aromatic rings. The first-order chi connectivity index (χ1) is 7.74. The number of hydrogen-bond acceptors (Lipinski definition) is 3. The Morgan fingerprint density at radius 1 is 1.44 bits per heavy atom. The molecule has 94 valence electrons. The van der Waals surface area contributed by atoms with Gasteiger partial charge in [0.2, 0.25) is 0 Å². The van der Waals surface area contributed by atoms with E-state index in [9.17, 15) is 0 Å². The molecule has 1 saturated heterocycles. The summed E-state index contributed by atoms with van der Waals surface area (Å²) in [5, 5.41) is 3.77. The second-order valence-corrected chi connectivity index (χ2v) is 5.73. The Morgan fingerprint density at radius 3 is 2.75 bits per heavy atom. The van der Waals surface area contributed by atoms with Crippen molar-refractivity contribution in [1.82, 2.24) is 10.2 Å². The van der Waals surface area contributed by atoms with Crippen molar-refractivity contribution in [3.8, 4) is 0 Å². The first-order valence-electron chi connectivity index (χ1n) is 6.65. The van der Waals surface area contributed by atoms with Gasteiger partial charge in [-0.25, -0.2) is 0 Å². The summed E-state index contributed by atoms with van der Waals surface area (Å²) in [5.74, 6) is 0. The normalized spacial score (nSPS) is 29.2. The van der Waals surface area contributed by atoms with Crippen molar-refractivity contribution in [3.05, 3.63) is 0 Å². The van der Waals surface area contributed by atoms with Crippen LogP contribution in [-0.2, 0) is 4.74 Å². The SMILES string of the molecule is COCCC1(CNC2CCN(C)C2)CCC1. The van der Waals surface area contributed by atoms with Crippen molar-refractivity contribution in [3.63, 3.8) is 0 Å². The molecule has 1 atom stereocenters. The molecule has 2 aliphatic rings. The summed E-state index contributed by atoms with van der Waals surface area (Å²) in [4.78, 5) is 2.42. The van der Waals surface area contributed by atoms with Crippen LogP contribution in [0, 0.1) is 5.41 Å². The molecule has 0 radical (unpaired) electrons. The molecular formula is C13H26N2O. The highest BCUT2D eigenvalue weighted by Gasteiger charge is 2.36. The van der Waals surface area contributed by atoms with Gasteiger partial charge in [-0.2, -0.15) is 0 Å². The summed E-state index contributed by atoms with van der Waals surface area (Å²) in [6.07, 6.45) is 6.75. The van der Waals surface area contributed by atoms with E-state index in [4.69, 9.17) is 4.74 Å². The van der Waals surface area contributed by atoms with E-state index in [2.05, 4.69) is 17.3 Å². The molecule has 2 rings (SSSR count). The highest BCUT2D eigenvalue weighted by molar-refractivity contribution is 4.91. The predicted molar refractivity (Wildman–Crippen MR) is 66.7 cm³/mol. The zero-order valence-electron chi connectivity index (χ0n) is 10.8. The molecule has 0 bridgehead atoms. The molecule has 1 aliphatic carbocycles. The van der Waals surface area contributed by atoms with Crippen LogP contribution < -0.4 is 5.32 Å². The largest absolute Gasteiger partial charge is 0.385 e. The van der Waals surface area contributed by atoms with Crippen molar-refractivity contribution >= 4 is 0 Å². The topological polar surface area (TPSA) is 24.5 Å². The van der Waals surface area contributed by atoms with E-state index in [1.54, 1.807) is 0 Å². The third kappa shape index (κ3) is 2.96. The lowest BCUT2D eigenvalue weighted by molar-refractivity contribution is 0.0666. The number of ether oxygens (including phenoxy) is 1. The highest BCUT2D eigenvalue weighted by atomic mass is 16.5. The Morgan fingerprint density at radius 2 is 2.25 bits per heavy atom. The number of hydrogen-bond donors (Lipinski definition) is 1. The quantitative estimate of drug-likeness (QED) is 0.742. The van der Waals surface area contributed by atoms with Crippen LogP contribution in [0.1, 0.15) is 32.1 Å². The third-order valence-corrected chi connectivity index (χ3v) is 4.41. The maximum Gasteiger partial charge on any atom is 0.0468 e. The molecule has 1 aliphatic heterocycles. The molecular weight excluding hydrogens is 200 g/mol. The van der Waals surface area contributed by atoms with Gasteiger partial charge < -0.3 is 15.0 Å². The number of likely N-dealkylation sites (tertiary alicyclic amines) is 1. The van der Waals surface area contributed by atoms with Gasteiger partial charge in [0.05, 0.1) is 0 Å². The minimum Gasteiger partial charge on any atom is -0.385 e. The number of nitrogens with zero attached hydrogens (tertiary/aromatic N) is 1. The number of likely N-dealkylation sites (N-methyl/N-ethyl adjacent to an activating group) is 1. The van der Waals surface area contributed by atoms with Crippen LogP contribution in [0.15, 0.2) is 0 Å². The summed E-state index contributed by atoms with van der Waals surface area (Å²) in [6, 6.07) is 0.727. The lowest BCUT2D eigenvalue weighted by atomic mass is 9.66. The smallest absolute Gasteiger partial charge is 0.0468 e. The van der Waals surface area contributed by atoms with Gasteiger partial charge in [0, 0.05) is 32.8 Å². The molecule has 3 nitrogen and oxygen atoms in total. The average Bonchev–Trinajstić information content (AvgIpc) is 2.62. The van der Waals surface area contributed by atoms with Gasteiger partial charge in [0.15, 0.2) is 0 Å². The van der Waals surface area contributed by atoms with Gasteiger partial charge in [0.1, 0.15) is 0 Å². The molecule has 1 N–H and O–H groups in total. The molecule has 1 heterocycles. The number of rotatable bonds is 6. The van der Waals surface area contributed by atoms with Crippen LogP contribution in [0.5, 0.6) is 0 Å². The maximum atomic E-state index is 5.23. The minimum atomic E-state index is 0.567. The summed E-state index contributed by atoms with van der Waals surface area (Å²) >= 11 is 0. The molecule has 3 heteroatoms. The van der Waals surface area contributed by atoms with Crippen molar-refractivity contribution in [2.24, 2.45) is 5.41 Å². The zero-order valence-corrected chi connectivity index (χ0v) is 10.8. The molecule has 2 fully saturated rings. The Kier molecular flexibility index (Phi) is 4.22. The molecule has 1 saturated carbocycles. The minimum absolute atomic E-state index is 0.567. The van der Waals surface area contributed by atoms with E-state index in [-0.39, 0.29) is 0 Å². The molecule has 0 aromatic carbocycles. The Hall–Kier alpha value is -0.120. The Balaban J connectivity index is 1.70. The molecule has 0 aromatic heterocycles. The Bertz CT molecular complexity index is 216. The van der Waals surface area contributed by atoms with Gasteiger partial charge >= 0.3 is 0 Å². The number of nitrogens with one attached hydrogen (secondary N) is 1. The van der Waals surface area contributed by atoms with Crippen molar-refractivity contribution < 1.29 is 4.74 Å². The summed E-state index contributed by atoms with van der Waals surface area (Å²) in [6.45, 7) is 4.60. The Labute approximate surface area is 99.5 Å². The average molecular weight is 226 g/mol. The predicted octanol–water partition coefficient (Wildman–Crippen LogP) is 1.49. The molecule has 0 amide bonds. The standard InChI is InChI=1S/C13H26N2O/c1-15-8-4-12(10-15)14-11-13(5-3-6-13)7-9-16-2/h12,14H,3-11H2,1-2H3. The molecule has 0 spiro atoms. The maximum absolute atomic E-state index is 5.23. The fourth-order valence-electron chi connectivity index (χ4n) is 2.97. The van der Waals surface area contributed by atoms with Gasteiger partial charge in [-0.1, -0.05) is 6.42 Å². The monoisotopic (exact) mass is 226 g/mol.